The van der Waals surface area contributed by atoms with Crippen molar-refractivity contribution in [3.8, 4) is 11.1 Å². The van der Waals surface area contributed by atoms with Crippen molar-refractivity contribution in [2.24, 2.45) is 5.73 Å². The topological polar surface area (TPSA) is 159 Å². The minimum atomic E-state index is -3.85. The van der Waals surface area contributed by atoms with Gasteiger partial charge in [-0.1, -0.05) is 18.2 Å². The first-order chi connectivity index (χ1) is 17.3. The van der Waals surface area contributed by atoms with E-state index in [0.717, 1.165) is 17.4 Å². The zero-order chi connectivity index (χ0) is 27.4. The second kappa shape index (κ2) is 11.7. The highest BCUT2D eigenvalue weighted by Crippen LogP contribution is 2.38. The number of benzene rings is 2. The first-order valence-corrected chi connectivity index (χ1v) is 16.6. The maximum absolute atomic E-state index is 13.5. The molecule has 1 aromatic heterocycles. The lowest BCUT2D eigenvalue weighted by Crippen LogP contribution is -2.30. The molecule has 0 fully saturated rings. The number of nitrogen functional groups attached to an aromatic ring is 1. The van der Waals surface area contributed by atoms with Crippen LogP contribution in [0.1, 0.15) is 16.9 Å². The van der Waals surface area contributed by atoms with Gasteiger partial charge in [0.1, 0.15) is 15.7 Å². The summed E-state index contributed by atoms with van der Waals surface area (Å²) < 4.78 is 49.8. The third-order valence-electron chi connectivity index (χ3n) is 5.32. The number of nitrogens with one attached hydrogen (secondary N) is 3. The van der Waals surface area contributed by atoms with Gasteiger partial charge in [0.25, 0.3) is 0 Å². The van der Waals surface area contributed by atoms with E-state index >= 15 is 0 Å². The summed E-state index contributed by atoms with van der Waals surface area (Å²) >= 11 is 2.47. The highest BCUT2D eigenvalue weighted by molar-refractivity contribution is 8.01. The van der Waals surface area contributed by atoms with Gasteiger partial charge in [0, 0.05) is 18.5 Å². The van der Waals surface area contributed by atoms with Crippen molar-refractivity contribution in [2.75, 3.05) is 30.1 Å². The molecule has 0 saturated heterocycles. The minimum absolute atomic E-state index is 0.00123. The Morgan fingerprint density at radius 2 is 1.84 bits per heavy atom. The Kier molecular flexibility index (Phi) is 9.05. The summed E-state index contributed by atoms with van der Waals surface area (Å²) in [5.74, 6) is -0.180. The summed E-state index contributed by atoms with van der Waals surface area (Å²) in [5.41, 5.74) is 8.44. The van der Waals surface area contributed by atoms with Crippen LogP contribution in [0, 0.1) is 12.3 Å². The molecular weight excluding hydrogens is 553 g/mol. The lowest BCUT2D eigenvalue weighted by atomic mass is 10.00. The molecule has 0 spiro atoms. The van der Waals surface area contributed by atoms with Crippen LogP contribution in [0.5, 0.6) is 0 Å². The van der Waals surface area contributed by atoms with E-state index < -0.39 is 25.7 Å². The lowest BCUT2D eigenvalue weighted by molar-refractivity contribution is 0.252. The number of thioether (sulfide) groups is 1. The van der Waals surface area contributed by atoms with Gasteiger partial charge >= 0.3 is 6.03 Å². The monoisotopic (exact) mass is 580 g/mol. The number of thiophene rings is 1. The molecule has 3 rings (SSSR count). The number of urea groups is 1. The van der Waals surface area contributed by atoms with E-state index in [1.54, 1.807) is 36.6 Å². The molecule has 2 aromatic carbocycles. The number of hydrogen-bond donors (Lipinski definition) is 4. The standard InChI is InChI=1S/C24H28N4O5S4/c1-15-12-17(28-24(29)27-10-5-11-36(3,30)31)8-9-19(15)16-6-4-7-18(13-16)37(32,33)21-14-20(22(25)26)35-23(21)34-2/h4,6-9,12-14H,5,10-11H2,1-3H3,(H3,25,26)(H2,27,28,29). The van der Waals surface area contributed by atoms with Crippen LogP contribution in [0.15, 0.2) is 62.5 Å². The Morgan fingerprint density at radius 3 is 2.46 bits per heavy atom. The summed E-state index contributed by atoms with van der Waals surface area (Å²) in [7, 11) is -6.92. The number of hydrogen-bond acceptors (Lipinski definition) is 8. The molecule has 2 amide bonds. The van der Waals surface area contributed by atoms with Crippen LogP contribution in [0.3, 0.4) is 0 Å². The summed E-state index contributed by atoms with van der Waals surface area (Å²) in [4.78, 5) is 12.8. The number of aryl methyl sites for hydroxylation is 1. The Balaban J connectivity index is 1.80. The van der Waals surface area contributed by atoms with Gasteiger partial charge in [-0.2, -0.15) is 0 Å². The molecule has 0 radical (unpaired) electrons. The number of nitrogens with two attached hydrogens (primary N) is 1. The van der Waals surface area contributed by atoms with E-state index in [1.807, 2.05) is 13.0 Å². The molecular formula is C24H28N4O5S4. The molecule has 0 aliphatic carbocycles. The highest BCUT2D eigenvalue weighted by atomic mass is 32.2. The van der Waals surface area contributed by atoms with Gasteiger partial charge in [0.15, 0.2) is 0 Å². The van der Waals surface area contributed by atoms with Crippen molar-refractivity contribution in [2.45, 2.75) is 27.3 Å². The highest BCUT2D eigenvalue weighted by Gasteiger charge is 2.25. The molecule has 5 N–H and O–H groups in total. The molecule has 198 valence electrons. The van der Waals surface area contributed by atoms with Crippen LogP contribution in [-0.4, -0.2) is 53.5 Å². The van der Waals surface area contributed by atoms with Crippen molar-refractivity contribution in [1.82, 2.24) is 5.32 Å². The van der Waals surface area contributed by atoms with E-state index in [2.05, 4.69) is 10.6 Å². The molecule has 0 aliphatic heterocycles. The predicted molar refractivity (Wildman–Crippen MR) is 151 cm³/mol. The van der Waals surface area contributed by atoms with Crippen LogP contribution in [-0.2, 0) is 19.7 Å². The number of rotatable bonds is 10. The number of carbonyl (C=O) groups excluding carboxylic acids is 1. The predicted octanol–water partition coefficient (Wildman–Crippen LogP) is 4.12. The molecule has 0 saturated carbocycles. The number of amides is 2. The maximum Gasteiger partial charge on any atom is 0.319 e. The molecule has 0 bridgehead atoms. The Morgan fingerprint density at radius 1 is 1.11 bits per heavy atom. The van der Waals surface area contributed by atoms with Crippen LogP contribution < -0.4 is 16.4 Å². The maximum atomic E-state index is 13.5. The van der Waals surface area contributed by atoms with Crippen molar-refractivity contribution in [3.63, 3.8) is 0 Å². The van der Waals surface area contributed by atoms with Crippen molar-refractivity contribution in [1.29, 1.82) is 5.41 Å². The lowest BCUT2D eigenvalue weighted by Gasteiger charge is -2.12. The second-order valence-electron chi connectivity index (χ2n) is 8.31. The minimum Gasteiger partial charge on any atom is -0.383 e. The Bertz CT molecular complexity index is 1550. The normalized spacial score (nSPS) is 11.8. The van der Waals surface area contributed by atoms with Crippen LogP contribution in [0.2, 0.25) is 0 Å². The number of anilines is 1. The average Bonchev–Trinajstić information content (AvgIpc) is 3.27. The SMILES string of the molecule is CSc1sc(C(=N)N)cc1S(=O)(=O)c1cccc(-c2ccc(NC(=O)NCCCS(C)(=O)=O)cc2C)c1. The third kappa shape index (κ3) is 7.34. The summed E-state index contributed by atoms with van der Waals surface area (Å²) in [6.07, 6.45) is 3.25. The quantitative estimate of drug-likeness (QED) is 0.121. The molecule has 3 aromatic rings. The molecule has 9 nitrogen and oxygen atoms in total. The van der Waals surface area contributed by atoms with Gasteiger partial charge in [-0.15, -0.1) is 23.1 Å². The fourth-order valence-electron chi connectivity index (χ4n) is 3.55. The van der Waals surface area contributed by atoms with E-state index in [0.29, 0.717) is 26.8 Å². The summed E-state index contributed by atoms with van der Waals surface area (Å²) in [5, 5.41) is 13.0. The zero-order valence-corrected chi connectivity index (χ0v) is 23.8. The Hall–Kier alpha value is -2.87. The molecule has 37 heavy (non-hydrogen) atoms. The van der Waals surface area contributed by atoms with E-state index in [4.69, 9.17) is 11.1 Å². The van der Waals surface area contributed by atoms with Gasteiger partial charge in [-0.3, -0.25) is 5.41 Å². The summed E-state index contributed by atoms with van der Waals surface area (Å²) in [6.45, 7) is 2.09. The number of amidine groups is 1. The average molecular weight is 581 g/mol. The van der Waals surface area contributed by atoms with Crippen molar-refractivity contribution in [3.05, 3.63) is 59.0 Å². The molecule has 0 atom stereocenters. The van der Waals surface area contributed by atoms with E-state index in [1.165, 1.54) is 35.2 Å². The van der Waals surface area contributed by atoms with Crippen LogP contribution in [0.4, 0.5) is 10.5 Å². The first-order valence-electron chi connectivity index (χ1n) is 11.0. The van der Waals surface area contributed by atoms with Gasteiger partial charge < -0.3 is 16.4 Å². The second-order valence-corrected chi connectivity index (χ2v) is 14.6. The molecule has 0 unspecified atom stereocenters. The third-order valence-corrected chi connectivity index (χ3v) is 10.7. The smallest absolute Gasteiger partial charge is 0.319 e. The van der Waals surface area contributed by atoms with E-state index in [-0.39, 0.29) is 27.9 Å². The van der Waals surface area contributed by atoms with E-state index in [9.17, 15) is 21.6 Å². The van der Waals surface area contributed by atoms with Gasteiger partial charge in [0.2, 0.25) is 9.84 Å². The fraction of sp³-hybridized carbons (Fsp3) is 0.250. The first kappa shape index (κ1) is 28.7. The largest absolute Gasteiger partial charge is 0.383 e. The van der Waals surface area contributed by atoms with Crippen molar-refractivity contribution < 1.29 is 21.6 Å². The molecule has 13 heteroatoms. The number of sulfone groups is 2. The Labute approximate surface area is 225 Å². The summed E-state index contributed by atoms with van der Waals surface area (Å²) in [6, 6.07) is 12.9. The fourth-order valence-corrected chi connectivity index (χ4v) is 8.13. The van der Waals surface area contributed by atoms with Crippen molar-refractivity contribution >= 4 is 60.3 Å². The molecule has 0 aliphatic rings. The molecule has 1 heterocycles. The van der Waals surface area contributed by atoms with Crippen LogP contribution in [0.25, 0.3) is 11.1 Å². The van der Waals surface area contributed by atoms with Gasteiger partial charge in [0.05, 0.1) is 24.6 Å². The zero-order valence-electron chi connectivity index (χ0n) is 20.5. The van der Waals surface area contributed by atoms with Gasteiger partial charge in [-0.25, -0.2) is 21.6 Å². The van der Waals surface area contributed by atoms with Crippen LogP contribution >= 0.6 is 23.1 Å². The van der Waals surface area contributed by atoms with Gasteiger partial charge in [-0.05, 0) is 66.6 Å². The number of carbonyl (C=O) groups is 1.